The first-order valence-corrected chi connectivity index (χ1v) is 7.77. The Morgan fingerprint density at radius 3 is 2.81 bits per heavy atom. The molecule has 1 aromatic rings. The van der Waals surface area contributed by atoms with Crippen LogP contribution in [0, 0.1) is 5.82 Å². The van der Waals surface area contributed by atoms with Crippen LogP contribution in [0.1, 0.15) is 19.8 Å². The van der Waals surface area contributed by atoms with E-state index in [1.165, 1.54) is 34.9 Å². The first-order chi connectivity index (χ1) is 10.0. The Morgan fingerprint density at radius 1 is 1.48 bits per heavy atom. The number of hydrogen-bond acceptors (Lipinski definition) is 3. The number of hydrogen-bond donors (Lipinski definition) is 2. The summed E-state index contributed by atoms with van der Waals surface area (Å²) in [6.07, 6.45) is 1.55. The molecule has 0 saturated carbocycles. The molecule has 7 heteroatoms. The minimum absolute atomic E-state index is 0.0544. The molecule has 1 saturated heterocycles. The summed E-state index contributed by atoms with van der Waals surface area (Å²) >= 11 is 1.45. The molecule has 21 heavy (non-hydrogen) atoms. The van der Waals surface area contributed by atoms with Gasteiger partial charge in [-0.1, -0.05) is 25.5 Å². The molecule has 5 nitrogen and oxygen atoms in total. The fourth-order valence-corrected chi connectivity index (χ4v) is 3.75. The van der Waals surface area contributed by atoms with Gasteiger partial charge >= 0.3 is 12.0 Å². The molecule has 0 aliphatic carbocycles. The zero-order valence-electron chi connectivity index (χ0n) is 11.6. The van der Waals surface area contributed by atoms with E-state index in [1.807, 2.05) is 6.92 Å². The third-order valence-corrected chi connectivity index (χ3v) is 4.62. The SMILES string of the molecule is CCCC1SCC(C(=O)O)N1C(=O)Nc1ccccc1F. The van der Waals surface area contributed by atoms with Crippen molar-refractivity contribution in [2.24, 2.45) is 0 Å². The normalized spacial score (nSPS) is 21.3. The molecule has 0 spiro atoms. The van der Waals surface area contributed by atoms with Crippen LogP contribution in [0.2, 0.25) is 0 Å². The van der Waals surface area contributed by atoms with E-state index in [9.17, 15) is 19.1 Å². The van der Waals surface area contributed by atoms with Crippen LogP contribution >= 0.6 is 11.8 Å². The van der Waals surface area contributed by atoms with Crippen LogP contribution in [-0.2, 0) is 4.79 Å². The van der Waals surface area contributed by atoms with Gasteiger partial charge in [0.05, 0.1) is 11.1 Å². The second-order valence-electron chi connectivity index (χ2n) is 4.75. The van der Waals surface area contributed by atoms with Crippen molar-refractivity contribution in [3.05, 3.63) is 30.1 Å². The molecular weight excluding hydrogens is 295 g/mol. The van der Waals surface area contributed by atoms with Gasteiger partial charge in [0, 0.05) is 5.75 Å². The molecule has 2 unspecified atom stereocenters. The van der Waals surface area contributed by atoms with E-state index in [1.54, 1.807) is 6.07 Å². The van der Waals surface area contributed by atoms with E-state index in [2.05, 4.69) is 5.32 Å². The summed E-state index contributed by atoms with van der Waals surface area (Å²) in [5.74, 6) is -1.23. The molecule has 2 atom stereocenters. The quantitative estimate of drug-likeness (QED) is 0.897. The van der Waals surface area contributed by atoms with Crippen molar-refractivity contribution in [1.29, 1.82) is 0 Å². The first-order valence-electron chi connectivity index (χ1n) is 6.72. The van der Waals surface area contributed by atoms with Crippen molar-refractivity contribution in [2.75, 3.05) is 11.1 Å². The van der Waals surface area contributed by atoms with Gasteiger partial charge in [0.2, 0.25) is 0 Å². The number of carbonyl (C=O) groups is 2. The van der Waals surface area contributed by atoms with E-state index in [4.69, 9.17) is 0 Å². The summed E-state index contributed by atoms with van der Waals surface area (Å²) in [6, 6.07) is 4.37. The zero-order valence-corrected chi connectivity index (χ0v) is 12.4. The molecule has 1 heterocycles. The predicted molar refractivity (Wildman–Crippen MR) is 79.8 cm³/mol. The molecule has 1 aliphatic heterocycles. The minimum atomic E-state index is -1.04. The number of halogens is 1. The van der Waals surface area contributed by atoms with Crippen LogP contribution in [0.15, 0.2) is 24.3 Å². The van der Waals surface area contributed by atoms with E-state index in [0.29, 0.717) is 12.2 Å². The molecule has 1 aliphatic rings. The second-order valence-corrected chi connectivity index (χ2v) is 5.96. The Labute approximate surface area is 126 Å². The smallest absolute Gasteiger partial charge is 0.327 e. The Kier molecular flexibility index (Phi) is 5.06. The molecule has 1 aromatic carbocycles. The van der Waals surface area contributed by atoms with Crippen LogP contribution < -0.4 is 5.32 Å². The van der Waals surface area contributed by atoms with Crippen molar-refractivity contribution in [3.8, 4) is 0 Å². The van der Waals surface area contributed by atoms with Crippen LogP contribution in [0.4, 0.5) is 14.9 Å². The van der Waals surface area contributed by atoms with Crippen molar-refractivity contribution in [2.45, 2.75) is 31.2 Å². The average molecular weight is 312 g/mol. The maximum atomic E-state index is 13.6. The summed E-state index contributed by atoms with van der Waals surface area (Å²) < 4.78 is 13.6. The summed E-state index contributed by atoms with van der Waals surface area (Å²) in [5.41, 5.74) is 0.0544. The fourth-order valence-electron chi connectivity index (χ4n) is 2.24. The van der Waals surface area contributed by atoms with Gasteiger partial charge in [-0.3, -0.25) is 4.90 Å². The monoisotopic (exact) mass is 312 g/mol. The van der Waals surface area contributed by atoms with E-state index in [-0.39, 0.29) is 11.1 Å². The number of aliphatic carboxylic acids is 1. The van der Waals surface area contributed by atoms with E-state index < -0.39 is 23.9 Å². The number of carboxylic acid groups (broad SMARTS) is 1. The number of rotatable bonds is 4. The number of anilines is 1. The summed E-state index contributed by atoms with van der Waals surface area (Å²) in [5, 5.41) is 11.5. The lowest BCUT2D eigenvalue weighted by atomic mass is 10.2. The zero-order chi connectivity index (χ0) is 15.4. The number of carbonyl (C=O) groups excluding carboxylic acids is 1. The van der Waals surface area contributed by atoms with Crippen molar-refractivity contribution in [3.63, 3.8) is 0 Å². The maximum Gasteiger partial charge on any atom is 0.327 e. The van der Waals surface area contributed by atoms with Gasteiger partial charge in [-0.15, -0.1) is 11.8 Å². The first kappa shape index (κ1) is 15.6. The molecule has 2 rings (SSSR count). The number of benzene rings is 1. The highest BCUT2D eigenvalue weighted by Crippen LogP contribution is 2.33. The van der Waals surface area contributed by atoms with Crippen molar-refractivity contribution >= 4 is 29.4 Å². The van der Waals surface area contributed by atoms with Gasteiger partial charge in [-0.25, -0.2) is 14.0 Å². The Hall–Kier alpha value is -1.76. The lowest BCUT2D eigenvalue weighted by Gasteiger charge is -2.27. The standard InChI is InChI=1S/C14H17FN2O3S/c1-2-5-12-17(11(8-21-12)13(18)19)14(20)16-10-7-4-3-6-9(10)15/h3-4,6-7,11-12H,2,5,8H2,1H3,(H,16,20)(H,18,19). The average Bonchev–Trinajstić information content (AvgIpc) is 2.86. The second kappa shape index (κ2) is 6.80. The highest BCUT2D eigenvalue weighted by molar-refractivity contribution is 8.00. The molecule has 2 amide bonds. The molecule has 0 bridgehead atoms. The lowest BCUT2D eigenvalue weighted by molar-refractivity contribution is -0.141. The predicted octanol–water partition coefficient (Wildman–Crippen LogP) is 2.99. The molecule has 0 radical (unpaired) electrons. The Balaban J connectivity index is 2.17. The molecule has 2 N–H and O–H groups in total. The number of thioether (sulfide) groups is 1. The van der Waals surface area contributed by atoms with Crippen LogP contribution in [0.3, 0.4) is 0 Å². The molecule has 0 aromatic heterocycles. The number of nitrogens with zero attached hydrogens (tertiary/aromatic N) is 1. The van der Waals surface area contributed by atoms with Gasteiger partial charge in [-0.05, 0) is 18.6 Å². The number of para-hydroxylation sites is 1. The number of nitrogens with one attached hydrogen (secondary N) is 1. The van der Waals surface area contributed by atoms with Crippen molar-refractivity contribution < 1.29 is 19.1 Å². The van der Waals surface area contributed by atoms with Gasteiger partial charge in [0.1, 0.15) is 11.9 Å². The summed E-state index contributed by atoms with van der Waals surface area (Å²) in [7, 11) is 0. The topological polar surface area (TPSA) is 69.6 Å². The number of amides is 2. The summed E-state index contributed by atoms with van der Waals surface area (Å²) in [6.45, 7) is 1.97. The Bertz CT molecular complexity index is 541. The largest absolute Gasteiger partial charge is 0.480 e. The van der Waals surface area contributed by atoms with Gasteiger partial charge in [-0.2, -0.15) is 0 Å². The van der Waals surface area contributed by atoms with E-state index >= 15 is 0 Å². The number of carboxylic acids is 1. The maximum absolute atomic E-state index is 13.6. The minimum Gasteiger partial charge on any atom is -0.480 e. The van der Waals surface area contributed by atoms with Gasteiger partial charge in [0.25, 0.3) is 0 Å². The third-order valence-electron chi connectivity index (χ3n) is 3.26. The van der Waals surface area contributed by atoms with E-state index in [0.717, 1.165) is 6.42 Å². The molecule has 114 valence electrons. The highest BCUT2D eigenvalue weighted by Gasteiger charge is 2.41. The molecule has 1 fully saturated rings. The lowest BCUT2D eigenvalue weighted by Crippen LogP contribution is -2.47. The van der Waals surface area contributed by atoms with Crippen LogP contribution in [0.25, 0.3) is 0 Å². The van der Waals surface area contributed by atoms with Gasteiger partial charge < -0.3 is 10.4 Å². The summed E-state index contributed by atoms with van der Waals surface area (Å²) in [4.78, 5) is 24.9. The highest BCUT2D eigenvalue weighted by atomic mass is 32.2. The Morgan fingerprint density at radius 2 is 2.19 bits per heavy atom. The molecular formula is C14H17FN2O3S. The van der Waals surface area contributed by atoms with Crippen molar-refractivity contribution in [1.82, 2.24) is 4.90 Å². The number of urea groups is 1. The van der Waals surface area contributed by atoms with Gasteiger partial charge in [0.15, 0.2) is 0 Å². The third kappa shape index (κ3) is 3.47. The van der Waals surface area contributed by atoms with Crippen LogP contribution in [-0.4, -0.2) is 39.2 Å². The van der Waals surface area contributed by atoms with Crippen LogP contribution in [0.5, 0.6) is 0 Å². The fraction of sp³-hybridized carbons (Fsp3) is 0.429.